The molecule has 0 spiro atoms. The molecule has 9 aromatic rings. The van der Waals surface area contributed by atoms with Gasteiger partial charge in [-0.2, -0.15) is 4.99 Å². The average Bonchev–Trinajstić information content (AvgIpc) is 3.81. The minimum Gasteiger partial charge on any atom is -0.367 e. The maximum Gasteiger partial charge on any atom is 0.234 e. The van der Waals surface area contributed by atoms with Crippen molar-refractivity contribution in [3.8, 4) is 16.8 Å². The van der Waals surface area contributed by atoms with Crippen LogP contribution in [-0.4, -0.2) is 27.5 Å². The van der Waals surface area contributed by atoms with Crippen molar-refractivity contribution < 1.29 is 0 Å². The number of para-hydroxylation sites is 2. The van der Waals surface area contributed by atoms with E-state index in [2.05, 4.69) is 202 Å². The molecular formula is C50H36N6. The number of nitrogens with one attached hydrogen (secondary N) is 2. The zero-order valence-corrected chi connectivity index (χ0v) is 30.5. The van der Waals surface area contributed by atoms with E-state index in [9.17, 15) is 0 Å². The standard InChI is InChI=1S/C50H36N6/c1-5-16-33(17-6-1)36-22-15-23-37(32-36)48-52-47(35-20-9-3-10-21-35)53-50(54-48)56-43-27-14-13-26-40(43)41-28-29-42-44-39(34-18-7-2-8-19-34)30-31-51-49(44)55(46(42)45(41)56)38-24-11-4-12-25-38/h1-30,32,47,51H,31H2,(H,52,53,54). The van der Waals surface area contributed by atoms with Crippen LogP contribution in [0.5, 0.6) is 0 Å². The molecule has 0 bridgehead atoms. The van der Waals surface area contributed by atoms with Gasteiger partial charge in [-0.1, -0.05) is 164 Å². The van der Waals surface area contributed by atoms with Gasteiger partial charge in [-0.05, 0) is 52.1 Å². The van der Waals surface area contributed by atoms with Crippen molar-refractivity contribution in [3.63, 3.8) is 0 Å². The monoisotopic (exact) mass is 720 g/mol. The fraction of sp³-hybridized carbons (Fsp3) is 0.0400. The normalized spacial score (nSPS) is 15.1. The van der Waals surface area contributed by atoms with E-state index in [1.165, 1.54) is 16.7 Å². The van der Waals surface area contributed by atoms with Crippen LogP contribution < -0.4 is 10.6 Å². The van der Waals surface area contributed by atoms with Gasteiger partial charge in [0, 0.05) is 39.5 Å². The lowest BCUT2D eigenvalue weighted by atomic mass is 9.94. The first-order valence-electron chi connectivity index (χ1n) is 19.1. The molecule has 2 aromatic heterocycles. The fourth-order valence-corrected chi connectivity index (χ4v) is 8.50. The molecule has 0 aliphatic carbocycles. The van der Waals surface area contributed by atoms with E-state index in [0.717, 1.165) is 78.8 Å². The Balaban J connectivity index is 1.23. The molecule has 4 heterocycles. The Morgan fingerprint density at radius 2 is 1.14 bits per heavy atom. The van der Waals surface area contributed by atoms with Gasteiger partial charge in [-0.15, -0.1) is 0 Å². The van der Waals surface area contributed by atoms with Gasteiger partial charge in [0.25, 0.3) is 0 Å². The van der Waals surface area contributed by atoms with Crippen molar-refractivity contribution in [2.24, 2.45) is 9.98 Å². The Bertz CT molecular complexity index is 3030. The first kappa shape index (κ1) is 32.0. The second-order valence-electron chi connectivity index (χ2n) is 14.3. The highest BCUT2D eigenvalue weighted by Crippen LogP contribution is 2.46. The Kier molecular flexibility index (Phi) is 7.52. The predicted octanol–water partition coefficient (Wildman–Crippen LogP) is 11.2. The second-order valence-corrected chi connectivity index (χ2v) is 14.3. The van der Waals surface area contributed by atoms with Crippen LogP contribution in [0.15, 0.2) is 198 Å². The van der Waals surface area contributed by atoms with Crippen molar-refractivity contribution in [2.45, 2.75) is 6.17 Å². The Hall–Kier alpha value is -7.44. The van der Waals surface area contributed by atoms with Crippen LogP contribution in [0.2, 0.25) is 0 Å². The van der Waals surface area contributed by atoms with Gasteiger partial charge in [0.2, 0.25) is 5.96 Å². The van der Waals surface area contributed by atoms with Crippen molar-refractivity contribution >= 4 is 55.9 Å². The lowest BCUT2D eigenvalue weighted by Gasteiger charge is -2.24. The SMILES string of the molecule is C1=C(c2ccccc2)c2c(n(-c3ccccc3)c3c2ccc2c4ccccc4n(C4=NC(c5ccccc5)NC(c5cccc(-c6ccccc6)c5)=N4)c23)NC1. The summed E-state index contributed by atoms with van der Waals surface area (Å²) in [6.45, 7) is 0.722. The van der Waals surface area contributed by atoms with Crippen molar-refractivity contribution in [1.29, 1.82) is 0 Å². The first-order valence-corrected chi connectivity index (χ1v) is 19.1. The van der Waals surface area contributed by atoms with Gasteiger partial charge in [0.15, 0.2) is 0 Å². The second kappa shape index (κ2) is 13.1. The van der Waals surface area contributed by atoms with Crippen LogP contribution in [0.4, 0.5) is 5.82 Å². The molecule has 56 heavy (non-hydrogen) atoms. The number of fused-ring (bicyclic) bond motifs is 7. The zero-order valence-electron chi connectivity index (χ0n) is 30.5. The highest BCUT2D eigenvalue weighted by Gasteiger charge is 2.30. The molecule has 0 fully saturated rings. The molecule has 0 saturated carbocycles. The molecule has 2 aliphatic heterocycles. The number of benzene rings is 7. The van der Waals surface area contributed by atoms with E-state index < -0.39 is 0 Å². The van der Waals surface area contributed by atoms with Crippen LogP contribution in [0.25, 0.3) is 55.1 Å². The molecule has 7 aromatic carbocycles. The highest BCUT2D eigenvalue weighted by molar-refractivity contribution is 6.25. The lowest BCUT2D eigenvalue weighted by molar-refractivity contribution is 0.668. The van der Waals surface area contributed by atoms with Gasteiger partial charge in [-0.25, -0.2) is 4.99 Å². The number of hydrogen-bond donors (Lipinski definition) is 2. The third kappa shape index (κ3) is 5.18. The van der Waals surface area contributed by atoms with E-state index >= 15 is 0 Å². The summed E-state index contributed by atoms with van der Waals surface area (Å²) in [5, 5.41) is 11.0. The van der Waals surface area contributed by atoms with Crippen LogP contribution in [0.1, 0.15) is 28.4 Å². The van der Waals surface area contributed by atoms with Gasteiger partial charge in [0.05, 0.1) is 16.6 Å². The van der Waals surface area contributed by atoms with Gasteiger partial charge < -0.3 is 10.6 Å². The molecule has 6 nitrogen and oxygen atoms in total. The molecule has 0 radical (unpaired) electrons. The summed E-state index contributed by atoms with van der Waals surface area (Å²) in [5.41, 5.74) is 12.3. The van der Waals surface area contributed by atoms with Crippen molar-refractivity contribution in [1.82, 2.24) is 14.5 Å². The van der Waals surface area contributed by atoms with Crippen LogP contribution >= 0.6 is 0 Å². The topological polar surface area (TPSA) is 58.6 Å². The molecule has 0 saturated heterocycles. The van der Waals surface area contributed by atoms with E-state index in [1.807, 2.05) is 6.07 Å². The first-order chi connectivity index (χ1) is 27.8. The summed E-state index contributed by atoms with van der Waals surface area (Å²) in [7, 11) is 0. The molecule has 6 heteroatoms. The van der Waals surface area contributed by atoms with Crippen LogP contribution in [0, 0.1) is 0 Å². The number of rotatable bonds is 5. The van der Waals surface area contributed by atoms with Crippen LogP contribution in [-0.2, 0) is 0 Å². The molecule has 11 rings (SSSR count). The summed E-state index contributed by atoms with van der Waals surface area (Å²) in [4.78, 5) is 10.9. The van der Waals surface area contributed by atoms with E-state index in [4.69, 9.17) is 9.98 Å². The minimum absolute atomic E-state index is 0.363. The third-order valence-corrected chi connectivity index (χ3v) is 11.0. The van der Waals surface area contributed by atoms with E-state index in [-0.39, 0.29) is 6.17 Å². The zero-order chi connectivity index (χ0) is 37.0. The summed E-state index contributed by atoms with van der Waals surface area (Å²) in [6, 6.07) is 64.2. The third-order valence-electron chi connectivity index (χ3n) is 11.0. The number of aromatic nitrogens is 2. The molecule has 2 N–H and O–H groups in total. The number of anilines is 1. The number of aliphatic imine (C=N–C) groups is 2. The minimum atomic E-state index is -0.363. The smallest absolute Gasteiger partial charge is 0.234 e. The predicted molar refractivity (Wildman–Crippen MR) is 232 cm³/mol. The Morgan fingerprint density at radius 1 is 0.518 bits per heavy atom. The van der Waals surface area contributed by atoms with Gasteiger partial charge >= 0.3 is 0 Å². The number of hydrogen-bond acceptors (Lipinski definition) is 4. The summed E-state index contributed by atoms with van der Waals surface area (Å²) >= 11 is 0. The van der Waals surface area contributed by atoms with E-state index in [1.54, 1.807) is 0 Å². The quantitative estimate of drug-likeness (QED) is 0.186. The lowest BCUT2D eigenvalue weighted by Crippen LogP contribution is -2.35. The van der Waals surface area contributed by atoms with Crippen LogP contribution in [0.3, 0.4) is 0 Å². The van der Waals surface area contributed by atoms with Crippen molar-refractivity contribution in [2.75, 3.05) is 11.9 Å². The molecule has 0 amide bonds. The summed E-state index contributed by atoms with van der Waals surface area (Å²) in [5.74, 6) is 2.48. The van der Waals surface area contributed by atoms with E-state index in [0.29, 0.717) is 5.96 Å². The summed E-state index contributed by atoms with van der Waals surface area (Å²) < 4.78 is 4.70. The molecule has 2 aliphatic rings. The number of amidine groups is 1. The number of nitrogens with zero attached hydrogens (tertiary/aromatic N) is 4. The largest absolute Gasteiger partial charge is 0.367 e. The maximum absolute atomic E-state index is 5.45. The highest BCUT2D eigenvalue weighted by atomic mass is 15.3. The molecule has 1 atom stereocenters. The van der Waals surface area contributed by atoms with Gasteiger partial charge in [-0.3, -0.25) is 9.13 Å². The average molecular weight is 721 g/mol. The van der Waals surface area contributed by atoms with Crippen molar-refractivity contribution in [3.05, 3.63) is 210 Å². The molecule has 266 valence electrons. The summed E-state index contributed by atoms with van der Waals surface area (Å²) in [6.07, 6.45) is 1.95. The van der Waals surface area contributed by atoms with Gasteiger partial charge in [0.1, 0.15) is 17.8 Å². The molecular weight excluding hydrogens is 685 g/mol. The fourth-order valence-electron chi connectivity index (χ4n) is 8.50. The Morgan fingerprint density at radius 3 is 1.93 bits per heavy atom. The Labute approximate surface area is 324 Å². The molecule has 1 unspecified atom stereocenters. The maximum atomic E-state index is 5.45.